The highest BCUT2D eigenvalue weighted by molar-refractivity contribution is 6.30. The summed E-state index contributed by atoms with van der Waals surface area (Å²) in [6, 6.07) is 12.7. The predicted octanol–water partition coefficient (Wildman–Crippen LogP) is 3.95. The van der Waals surface area contributed by atoms with Gasteiger partial charge in [-0.05, 0) is 61.6 Å². The molecule has 3 nitrogen and oxygen atoms in total. The molecule has 0 saturated carbocycles. The summed E-state index contributed by atoms with van der Waals surface area (Å²) in [7, 11) is 0. The zero-order valence-electron chi connectivity index (χ0n) is 14.5. The van der Waals surface area contributed by atoms with Crippen molar-refractivity contribution >= 4 is 17.5 Å². The predicted molar refractivity (Wildman–Crippen MR) is 102 cm³/mol. The fourth-order valence-corrected chi connectivity index (χ4v) is 4.32. The van der Waals surface area contributed by atoms with E-state index in [0.29, 0.717) is 10.6 Å². The van der Waals surface area contributed by atoms with Crippen molar-refractivity contribution < 1.29 is 9.18 Å². The first kappa shape index (κ1) is 17.5. The van der Waals surface area contributed by atoms with Gasteiger partial charge in [-0.2, -0.15) is 0 Å². The van der Waals surface area contributed by atoms with E-state index in [1.165, 1.54) is 11.6 Å². The second-order valence-corrected chi connectivity index (χ2v) is 7.88. The first-order valence-corrected chi connectivity index (χ1v) is 9.50. The minimum Gasteiger partial charge on any atom is -0.353 e. The van der Waals surface area contributed by atoms with Crippen LogP contribution in [0.2, 0.25) is 5.02 Å². The van der Waals surface area contributed by atoms with Gasteiger partial charge in [0.15, 0.2) is 0 Å². The molecule has 0 bridgehead atoms. The lowest BCUT2D eigenvalue weighted by molar-refractivity contribution is -0.126. The first-order valence-electron chi connectivity index (χ1n) is 9.12. The van der Waals surface area contributed by atoms with Gasteiger partial charge in [-0.25, -0.2) is 4.39 Å². The largest absolute Gasteiger partial charge is 0.353 e. The van der Waals surface area contributed by atoms with E-state index in [9.17, 15) is 9.18 Å². The molecule has 0 aliphatic carbocycles. The van der Waals surface area contributed by atoms with E-state index in [1.807, 2.05) is 24.3 Å². The van der Waals surface area contributed by atoms with Crippen molar-refractivity contribution in [1.29, 1.82) is 0 Å². The molecule has 0 radical (unpaired) electrons. The summed E-state index contributed by atoms with van der Waals surface area (Å²) in [6.45, 7) is 1.73. The molecule has 136 valence electrons. The average Bonchev–Trinajstić information content (AvgIpc) is 3.24. The van der Waals surface area contributed by atoms with Crippen LogP contribution in [-0.4, -0.2) is 25.0 Å². The van der Waals surface area contributed by atoms with Crippen molar-refractivity contribution in [3.05, 3.63) is 58.9 Å². The van der Waals surface area contributed by atoms with Crippen LogP contribution in [0, 0.1) is 11.2 Å². The zero-order valence-corrected chi connectivity index (χ0v) is 15.3. The van der Waals surface area contributed by atoms with Crippen LogP contribution in [0.15, 0.2) is 42.5 Å². The molecule has 1 unspecified atom stereocenters. The van der Waals surface area contributed by atoms with Gasteiger partial charge in [-0.15, -0.1) is 0 Å². The highest BCUT2D eigenvalue weighted by atomic mass is 35.5. The van der Waals surface area contributed by atoms with Crippen LogP contribution in [0.1, 0.15) is 24.8 Å². The number of amides is 1. The average molecular weight is 373 g/mol. The van der Waals surface area contributed by atoms with Gasteiger partial charge in [0, 0.05) is 23.2 Å². The lowest BCUT2D eigenvalue weighted by atomic mass is 9.83. The molecule has 2 saturated heterocycles. The molecule has 0 aromatic heterocycles. The van der Waals surface area contributed by atoms with Crippen molar-refractivity contribution in [2.24, 2.45) is 5.41 Å². The van der Waals surface area contributed by atoms with Gasteiger partial charge in [0.2, 0.25) is 5.91 Å². The molecule has 1 amide bonds. The Morgan fingerprint density at radius 1 is 1.19 bits per heavy atom. The van der Waals surface area contributed by atoms with Gasteiger partial charge in [-0.3, -0.25) is 4.79 Å². The lowest BCUT2D eigenvalue weighted by Gasteiger charge is -2.17. The number of nitrogens with one attached hydrogen (secondary N) is 2. The molecule has 2 heterocycles. The Hall–Kier alpha value is -1.91. The van der Waals surface area contributed by atoms with Crippen molar-refractivity contribution in [1.82, 2.24) is 10.6 Å². The Labute approximate surface area is 157 Å². The molecular weight excluding hydrogens is 351 g/mol. The van der Waals surface area contributed by atoms with Crippen LogP contribution >= 0.6 is 11.6 Å². The van der Waals surface area contributed by atoms with Gasteiger partial charge < -0.3 is 10.6 Å². The normalized spacial score (nSPS) is 25.0. The smallest absolute Gasteiger partial charge is 0.227 e. The molecule has 2 aliphatic heterocycles. The van der Waals surface area contributed by atoms with Crippen LogP contribution in [0.4, 0.5) is 4.39 Å². The third-order valence-corrected chi connectivity index (χ3v) is 5.91. The zero-order chi connectivity index (χ0) is 18.1. The fraction of sp³-hybridized carbons (Fsp3) is 0.381. The van der Waals surface area contributed by atoms with Gasteiger partial charge >= 0.3 is 0 Å². The van der Waals surface area contributed by atoms with Crippen LogP contribution < -0.4 is 10.6 Å². The molecule has 2 atom stereocenters. The number of halogens is 2. The molecule has 2 N–H and O–H groups in total. The summed E-state index contributed by atoms with van der Waals surface area (Å²) in [5.74, 6) is -0.0643. The number of hydrogen-bond acceptors (Lipinski definition) is 2. The molecule has 26 heavy (non-hydrogen) atoms. The number of rotatable bonds is 4. The van der Waals surface area contributed by atoms with Crippen LogP contribution in [-0.2, 0) is 11.2 Å². The topological polar surface area (TPSA) is 41.1 Å². The molecule has 4 rings (SSSR count). The van der Waals surface area contributed by atoms with Crippen LogP contribution in [0.25, 0.3) is 11.1 Å². The van der Waals surface area contributed by atoms with Gasteiger partial charge in [-0.1, -0.05) is 35.9 Å². The van der Waals surface area contributed by atoms with E-state index in [-0.39, 0.29) is 23.2 Å². The monoisotopic (exact) mass is 372 g/mol. The maximum atomic E-state index is 14.0. The maximum absolute atomic E-state index is 14.0. The first-order chi connectivity index (χ1) is 12.6. The second kappa shape index (κ2) is 7.01. The number of carbonyl (C=O) groups is 1. The molecular formula is C21H22ClFN2O. The quantitative estimate of drug-likeness (QED) is 0.853. The Bertz CT molecular complexity index is 815. The number of hydrogen-bond donors (Lipinski definition) is 2. The Kier molecular flexibility index (Phi) is 4.72. The molecule has 2 fully saturated rings. The molecule has 1 spiro atoms. The Morgan fingerprint density at radius 3 is 2.73 bits per heavy atom. The minimum atomic E-state index is -0.272. The summed E-state index contributed by atoms with van der Waals surface area (Å²) < 4.78 is 14.0. The highest BCUT2D eigenvalue weighted by Crippen LogP contribution is 2.37. The summed E-state index contributed by atoms with van der Waals surface area (Å²) in [6.07, 6.45) is 3.69. The molecule has 2 aliphatic rings. The number of benzene rings is 2. The van der Waals surface area contributed by atoms with Crippen molar-refractivity contribution in [2.45, 2.75) is 31.7 Å². The van der Waals surface area contributed by atoms with E-state index in [1.54, 1.807) is 12.1 Å². The molecule has 5 heteroatoms. The number of aryl methyl sites for hydroxylation is 1. The summed E-state index contributed by atoms with van der Waals surface area (Å²) in [5.41, 5.74) is 2.34. The van der Waals surface area contributed by atoms with E-state index in [0.717, 1.165) is 44.3 Å². The SMILES string of the molecule is O=C1N[C@H](CCc2ccc(-c3cc(Cl)ccc3F)cc2)CC12CCNC2. The highest BCUT2D eigenvalue weighted by Gasteiger charge is 2.48. The summed E-state index contributed by atoms with van der Waals surface area (Å²) in [5, 5.41) is 7.00. The Morgan fingerprint density at radius 2 is 2.00 bits per heavy atom. The lowest BCUT2D eigenvalue weighted by Crippen LogP contribution is -2.33. The van der Waals surface area contributed by atoms with Gasteiger partial charge in [0.05, 0.1) is 5.41 Å². The molecule has 2 aromatic rings. The van der Waals surface area contributed by atoms with Crippen molar-refractivity contribution in [3.8, 4) is 11.1 Å². The Balaban J connectivity index is 1.39. The van der Waals surface area contributed by atoms with E-state index in [4.69, 9.17) is 11.6 Å². The summed E-state index contributed by atoms with van der Waals surface area (Å²) >= 11 is 5.98. The minimum absolute atomic E-state index is 0.182. The third kappa shape index (κ3) is 3.36. The van der Waals surface area contributed by atoms with Crippen molar-refractivity contribution in [2.75, 3.05) is 13.1 Å². The third-order valence-electron chi connectivity index (χ3n) is 5.67. The van der Waals surface area contributed by atoms with E-state index < -0.39 is 0 Å². The fourth-order valence-electron chi connectivity index (χ4n) is 4.15. The standard InChI is InChI=1S/C21H22ClFN2O/c22-16-6-8-19(23)18(11-16)15-4-1-14(2-5-15)3-7-17-12-21(20(26)25-17)9-10-24-13-21/h1-2,4-6,8,11,17,24H,3,7,9-10,12-13H2,(H,25,26)/t17-,21?/m1/s1. The maximum Gasteiger partial charge on any atom is 0.227 e. The van der Waals surface area contributed by atoms with E-state index in [2.05, 4.69) is 10.6 Å². The van der Waals surface area contributed by atoms with Crippen LogP contribution in [0.3, 0.4) is 0 Å². The van der Waals surface area contributed by atoms with Crippen LogP contribution in [0.5, 0.6) is 0 Å². The van der Waals surface area contributed by atoms with E-state index >= 15 is 0 Å². The second-order valence-electron chi connectivity index (χ2n) is 7.44. The van der Waals surface area contributed by atoms with Gasteiger partial charge in [0.1, 0.15) is 5.82 Å². The van der Waals surface area contributed by atoms with Gasteiger partial charge in [0.25, 0.3) is 0 Å². The van der Waals surface area contributed by atoms with Crippen molar-refractivity contribution in [3.63, 3.8) is 0 Å². The molecule has 2 aromatic carbocycles. The number of carbonyl (C=O) groups excluding carboxylic acids is 1. The summed E-state index contributed by atoms with van der Waals surface area (Å²) in [4.78, 5) is 12.3.